The zero-order chi connectivity index (χ0) is 23.5. The highest BCUT2D eigenvalue weighted by Gasteiger charge is 2.23. The van der Waals surface area contributed by atoms with Crippen molar-refractivity contribution < 1.29 is 14.3 Å². The number of pyridine rings is 1. The Balaban J connectivity index is 1.48. The van der Waals surface area contributed by atoms with Crippen molar-refractivity contribution in [3.8, 4) is 11.1 Å². The summed E-state index contributed by atoms with van der Waals surface area (Å²) in [5.41, 5.74) is 7.98. The third-order valence-electron chi connectivity index (χ3n) is 6.87. The Morgan fingerprint density at radius 3 is 2.48 bits per heavy atom. The van der Waals surface area contributed by atoms with E-state index in [0.717, 1.165) is 44.7 Å². The van der Waals surface area contributed by atoms with E-state index in [1.807, 2.05) is 6.07 Å². The number of amides is 1. The van der Waals surface area contributed by atoms with Gasteiger partial charge >= 0.3 is 0 Å². The topological polar surface area (TPSA) is 94.7 Å². The second-order valence-corrected chi connectivity index (χ2v) is 9.42. The summed E-state index contributed by atoms with van der Waals surface area (Å²) in [7, 11) is 0. The fourth-order valence-electron chi connectivity index (χ4n) is 4.72. The Hall–Kier alpha value is -2.71. The van der Waals surface area contributed by atoms with E-state index in [2.05, 4.69) is 33.9 Å². The Labute approximate surface area is 194 Å². The van der Waals surface area contributed by atoms with Crippen LogP contribution in [-0.4, -0.2) is 65.3 Å². The normalized spacial score (nSPS) is 21.9. The maximum Gasteiger partial charge on any atom is 0.255 e. The van der Waals surface area contributed by atoms with Crippen molar-refractivity contribution in [1.29, 1.82) is 0 Å². The van der Waals surface area contributed by atoms with Gasteiger partial charge in [-0.15, -0.1) is 0 Å². The van der Waals surface area contributed by atoms with Gasteiger partial charge in [0.05, 0.1) is 11.7 Å². The van der Waals surface area contributed by atoms with Crippen molar-refractivity contribution in [2.24, 2.45) is 0 Å². The summed E-state index contributed by atoms with van der Waals surface area (Å²) in [5, 5.41) is 12.6. The molecule has 2 fully saturated rings. The number of nitrogens with zero attached hydrogens (tertiary/aromatic N) is 3. The zero-order valence-corrected chi connectivity index (χ0v) is 19.4. The molecule has 0 spiro atoms. The van der Waals surface area contributed by atoms with Crippen molar-refractivity contribution >= 4 is 17.4 Å². The molecule has 2 heterocycles. The number of carbonyl (C=O) groups excluding carboxylic acids is 1. The minimum atomic E-state index is -0.349. The largest absolute Gasteiger partial charge is 0.393 e. The van der Waals surface area contributed by atoms with Gasteiger partial charge in [-0.05, 0) is 63.8 Å². The molecule has 1 aliphatic heterocycles. The minimum Gasteiger partial charge on any atom is -0.393 e. The van der Waals surface area contributed by atoms with E-state index in [1.54, 1.807) is 18.2 Å². The molecule has 1 aromatic carbocycles. The first-order valence-corrected chi connectivity index (χ1v) is 11.8. The van der Waals surface area contributed by atoms with E-state index < -0.39 is 0 Å². The lowest BCUT2D eigenvalue weighted by atomic mass is 9.93. The first-order valence-electron chi connectivity index (χ1n) is 11.8. The highest BCUT2D eigenvalue weighted by Crippen LogP contribution is 2.29. The fraction of sp³-hybridized carbons (Fsp3) is 0.520. The number of hydrogen-bond donors (Lipinski definition) is 3. The molecule has 33 heavy (non-hydrogen) atoms. The number of anilines is 2. The average Bonchev–Trinajstić information content (AvgIpc) is 2.81. The molecule has 0 unspecified atom stereocenters. The number of nitrogens with one attached hydrogen (secondary N) is 1. The number of nitrogen functional groups attached to an aromatic ring is 1. The van der Waals surface area contributed by atoms with Crippen LogP contribution < -0.4 is 16.0 Å². The summed E-state index contributed by atoms with van der Waals surface area (Å²) in [4.78, 5) is 21.6. The summed E-state index contributed by atoms with van der Waals surface area (Å²) in [6.45, 7) is 8.03. The summed E-state index contributed by atoms with van der Waals surface area (Å²) in [5.74, 6) is -0.548. The number of carbonyl (C=O) groups is 1. The van der Waals surface area contributed by atoms with Crippen LogP contribution in [0.4, 0.5) is 15.9 Å². The van der Waals surface area contributed by atoms with E-state index in [1.165, 1.54) is 6.20 Å². The highest BCUT2D eigenvalue weighted by molar-refractivity contribution is 5.99. The van der Waals surface area contributed by atoms with Crippen LogP contribution in [0.15, 0.2) is 30.5 Å². The van der Waals surface area contributed by atoms with E-state index in [4.69, 9.17) is 5.73 Å². The van der Waals surface area contributed by atoms with Crippen molar-refractivity contribution in [2.75, 3.05) is 36.8 Å². The van der Waals surface area contributed by atoms with Gasteiger partial charge in [0, 0.05) is 61.3 Å². The molecular weight excluding hydrogens is 421 g/mol. The maximum atomic E-state index is 15.1. The van der Waals surface area contributed by atoms with Gasteiger partial charge in [-0.3, -0.25) is 9.69 Å². The number of aliphatic hydroxyl groups excluding tert-OH is 1. The van der Waals surface area contributed by atoms with Gasteiger partial charge in [0.25, 0.3) is 5.91 Å². The number of benzene rings is 1. The molecule has 1 saturated carbocycles. The molecule has 1 amide bonds. The third kappa shape index (κ3) is 5.45. The van der Waals surface area contributed by atoms with Crippen LogP contribution in [0.3, 0.4) is 0 Å². The lowest BCUT2D eigenvalue weighted by Crippen LogP contribution is -2.48. The number of aliphatic hydroxyl groups is 1. The molecule has 0 atom stereocenters. The predicted molar refractivity (Wildman–Crippen MR) is 129 cm³/mol. The van der Waals surface area contributed by atoms with Crippen LogP contribution in [0.2, 0.25) is 0 Å². The molecule has 7 nitrogen and oxygen atoms in total. The van der Waals surface area contributed by atoms with Crippen molar-refractivity contribution in [3.63, 3.8) is 0 Å². The Morgan fingerprint density at radius 2 is 1.85 bits per heavy atom. The van der Waals surface area contributed by atoms with Crippen molar-refractivity contribution in [3.05, 3.63) is 41.8 Å². The van der Waals surface area contributed by atoms with Crippen LogP contribution in [0.1, 0.15) is 49.9 Å². The zero-order valence-electron chi connectivity index (χ0n) is 19.4. The number of rotatable bonds is 5. The monoisotopic (exact) mass is 455 g/mol. The summed E-state index contributed by atoms with van der Waals surface area (Å²) in [6, 6.07) is 7.35. The summed E-state index contributed by atoms with van der Waals surface area (Å²) >= 11 is 0. The SMILES string of the molecule is CC(C)N1CCN(c2ccc(-c3cnc(N)c(C(=O)NC4CCC(O)CC4)c3)c(F)c2)CC1. The molecule has 1 saturated heterocycles. The second-order valence-electron chi connectivity index (χ2n) is 9.42. The van der Waals surface area contributed by atoms with Gasteiger partial charge in [-0.25, -0.2) is 9.37 Å². The van der Waals surface area contributed by atoms with Crippen LogP contribution in [0.5, 0.6) is 0 Å². The van der Waals surface area contributed by atoms with E-state index in [9.17, 15) is 9.90 Å². The van der Waals surface area contributed by atoms with Crippen molar-refractivity contribution in [2.45, 2.75) is 57.7 Å². The average molecular weight is 456 g/mol. The molecule has 1 aliphatic carbocycles. The predicted octanol–water partition coefficient (Wildman–Crippen LogP) is 3.03. The standard InChI is InChI=1S/C25H34FN5O2/c1-16(2)30-9-11-31(12-10-30)19-5-8-21(23(26)14-19)17-13-22(24(27)28-15-17)25(33)29-18-3-6-20(32)7-4-18/h5,8,13-16,18,20,32H,3-4,6-7,9-12H2,1-2H3,(H2,27,28)(H,29,33). The second kappa shape index (κ2) is 10.1. The molecule has 2 aromatic rings. The molecule has 1 aromatic heterocycles. The number of piperazine rings is 1. The van der Waals surface area contributed by atoms with Crippen LogP contribution in [-0.2, 0) is 0 Å². The molecular formula is C25H34FN5O2. The van der Waals surface area contributed by atoms with Gasteiger partial charge in [0.1, 0.15) is 11.6 Å². The molecule has 0 radical (unpaired) electrons. The summed E-state index contributed by atoms with van der Waals surface area (Å²) in [6.07, 6.45) is 4.00. The van der Waals surface area contributed by atoms with Gasteiger partial charge in [-0.1, -0.05) is 0 Å². The Bertz CT molecular complexity index is 983. The first kappa shape index (κ1) is 23.4. The van der Waals surface area contributed by atoms with Gasteiger partial charge in [0.15, 0.2) is 0 Å². The minimum absolute atomic E-state index is 0.00358. The quantitative estimate of drug-likeness (QED) is 0.642. The Morgan fingerprint density at radius 1 is 1.15 bits per heavy atom. The number of aromatic nitrogens is 1. The van der Waals surface area contributed by atoms with E-state index >= 15 is 4.39 Å². The fourth-order valence-corrected chi connectivity index (χ4v) is 4.72. The van der Waals surface area contributed by atoms with E-state index in [0.29, 0.717) is 30.0 Å². The Kier molecular flexibility index (Phi) is 7.14. The third-order valence-corrected chi connectivity index (χ3v) is 6.87. The molecule has 2 aliphatic rings. The lowest BCUT2D eigenvalue weighted by Gasteiger charge is -2.38. The molecule has 178 valence electrons. The number of hydrogen-bond acceptors (Lipinski definition) is 6. The molecule has 8 heteroatoms. The molecule has 4 N–H and O–H groups in total. The van der Waals surface area contributed by atoms with Gasteiger partial charge in [0.2, 0.25) is 0 Å². The van der Waals surface area contributed by atoms with Crippen molar-refractivity contribution in [1.82, 2.24) is 15.2 Å². The maximum absolute atomic E-state index is 15.1. The van der Waals surface area contributed by atoms with Gasteiger partial charge < -0.3 is 21.1 Å². The van der Waals surface area contributed by atoms with Crippen LogP contribution in [0, 0.1) is 5.82 Å². The number of halogens is 1. The lowest BCUT2D eigenvalue weighted by molar-refractivity contribution is 0.0868. The van der Waals surface area contributed by atoms with E-state index in [-0.39, 0.29) is 35.3 Å². The van der Waals surface area contributed by atoms with Gasteiger partial charge in [-0.2, -0.15) is 0 Å². The van der Waals surface area contributed by atoms with Crippen LogP contribution in [0.25, 0.3) is 11.1 Å². The molecule has 0 bridgehead atoms. The summed E-state index contributed by atoms with van der Waals surface area (Å²) < 4.78 is 15.1. The number of nitrogens with two attached hydrogens (primary N) is 1. The smallest absolute Gasteiger partial charge is 0.255 e. The molecule has 4 rings (SSSR count). The first-order chi connectivity index (χ1) is 15.8. The highest BCUT2D eigenvalue weighted by atomic mass is 19.1. The van der Waals surface area contributed by atoms with Crippen LogP contribution >= 0.6 is 0 Å².